The van der Waals surface area contributed by atoms with Gasteiger partial charge in [-0.25, -0.2) is 14.6 Å². The number of thioether (sulfide) groups is 1. The van der Waals surface area contributed by atoms with Gasteiger partial charge in [-0.1, -0.05) is 50.7 Å². The van der Waals surface area contributed by atoms with Crippen molar-refractivity contribution in [2.75, 3.05) is 30.8 Å². The lowest BCUT2D eigenvalue weighted by Crippen LogP contribution is -2.31. The van der Waals surface area contributed by atoms with Crippen molar-refractivity contribution in [3.63, 3.8) is 0 Å². The fourth-order valence-electron chi connectivity index (χ4n) is 2.94. The van der Waals surface area contributed by atoms with Crippen molar-refractivity contribution < 1.29 is 9.53 Å². The van der Waals surface area contributed by atoms with E-state index in [9.17, 15) is 4.79 Å². The molecule has 2 N–H and O–H groups in total. The van der Waals surface area contributed by atoms with Gasteiger partial charge >= 0.3 is 0 Å². The minimum absolute atomic E-state index is 0.0204. The quantitative estimate of drug-likeness (QED) is 0.347. The van der Waals surface area contributed by atoms with Gasteiger partial charge in [0, 0.05) is 13.1 Å². The number of carbonyl (C=O) groups excluding carboxylic acids is 1. The van der Waals surface area contributed by atoms with Crippen LogP contribution < -0.4 is 15.4 Å². The van der Waals surface area contributed by atoms with Crippen LogP contribution in [0.1, 0.15) is 26.3 Å². The second-order valence-corrected chi connectivity index (χ2v) is 8.80. The van der Waals surface area contributed by atoms with Gasteiger partial charge < -0.3 is 15.4 Å². The zero-order valence-electron chi connectivity index (χ0n) is 18.5. The Morgan fingerprint density at radius 2 is 2.06 bits per heavy atom. The zero-order valence-corrected chi connectivity index (χ0v) is 19.3. The summed E-state index contributed by atoms with van der Waals surface area (Å²) in [5, 5.41) is 12.4. The maximum atomic E-state index is 12.2. The van der Waals surface area contributed by atoms with E-state index in [2.05, 4.69) is 46.5 Å². The summed E-state index contributed by atoms with van der Waals surface area (Å²) >= 11 is 1.60. The minimum atomic E-state index is -0.171. The van der Waals surface area contributed by atoms with Crippen molar-refractivity contribution in [1.29, 1.82) is 0 Å². The van der Waals surface area contributed by atoms with Crippen LogP contribution in [-0.2, 0) is 11.3 Å². The standard InChI is InChI=1S/C22H30N6O2S/c1-5-31-22-26-20(24-12-15(2)3)17-13-25-28(21(17)27-22)11-10-23-19(29)14-30-18-9-7-6-8-16(18)4/h6-9,13,15H,5,10-12,14H2,1-4H3,(H,23,29)(H,24,26,27). The van der Waals surface area contributed by atoms with E-state index in [4.69, 9.17) is 4.74 Å². The van der Waals surface area contributed by atoms with Crippen molar-refractivity contribution in [3.05, 3.63) is 36.0 Å². The van der Waals surface area contributed by atoms with Crippen molar-refractivity contribution in [3.8, 4) is 5.75 Å². The summed E-state index contributed by atoms with van der Waals surface area (Å²) in [6.45, 7) is 10.1. The molecule has 9 heteroatoms. The van der Waals surface area contributed by atoms with Crippen LogP contribution in [0.5, 0.6) is 5.75 Å². The van der Waals surface area contributed by atoms with E-state index in [0.717, 1.165) is 45.6 Å². The lowest BCUT2D eigenvalue weighted by atomic mass is 10.2. The molecule has 0 aliphatic carbocycles. The zero-order chi connectivity index (χ0) is 22.2. The molecule has 8 nitrogen and oxygen atoms in total. The molecule has 0 spiro atoms. The van der Waals surface area contributed by atoms with Gasteiger partial charge in [0.15, 0.2) is 17.4 Å². The normalized spacial score (nSPS) is 11.1. The Labute approximate surface area is 187 Å². The van der Waals surface area contributed by atoms with Crippen LogP contribution in [-0.4, -0.2) is 51.1 Å². The summed E-state index contributed by atoms with van der Waals surface area (Å²) in [6.07, 6.45) is 1.78. The molecule has 0 aliphatic heterocycles. The smallest absolute Gasteiger partial charge is 0.258 e. The predicted octanol–water partition coefficient (Wildman–Crippen LogP) is 3.51. The highest BCUT2D eigenvalue weighted by atomic mass is 32.2. The summed E-state index contributed by atoms with van der Waals surface area (Å²) in [5.41, 5.74) is 1.77. The number of ether oxygens (including phenoxy) is 1. The first-order valence-corrected chi connectivity index (χ1v) is 11.5. The molecule has 0 radical (unpaired) electrons. The molecule has 0 bridgehead atoms. The Morgan fingerprint density at radius 1 is 1.26 bits per heavy atom. The molecular formula is C22H30N6O2S. The van der Waals surface area contributed by atoms with Crippen LogP contribution in [0.3, 0.4) is 0 Å². The third-order valence-electron chi connectivity index (χ3n) is 4.53. The van der Waals surface area contributed by atoms with Gasteiger partial charge in [-0.2, -0.15) is 5.10 Å². The summed E-state index contributed by atoms with van der Waals surface area (Å²) in [4.78, 5) is 21.5. The Hall–Kier alpha value is -2.81. The fourth-order valence-corrected chi connectivity index (χ4v) is 3.51. The fraction of sp³-hybridized carbons (Fsp3) is 0.455. The molecule has 2 aromatic heterocycles. The second-order valence-electron chi connectivity index (χ2n) is 7.57. The number of para-hydroxylation sites is 1. The van der Waals surface area contributed by atoms with Gasteiger partial charge in [-0.05, 0) is 30.2 Å². The summed E-state index contributed by atoms with van der Waals surface area (Å²) in [7, 11) is 0. The minimum Gasteiger partial charge on any atom is -0.484 e. The van der Waals surface area contributed by atoms with Gasteiger partial charge in [-0.3, -0.25) is 4.79 Å². The Bertz CT molecular complexity index is 1020. The van der Waals surface area contributed by atoms with Crippen LogP contribution in [0.4, 0.5) is 5.82 Å². The molecule has 1 aromatic carbocycles. The highest BCUT2D eigenvalue weighted by molar-refractivity contribution is 7.99. The molecule has 0 saturated heterocycles. The van der Waals surface area contributed by atoms with E-state index >= 15 is 0 Å². The number of amides is 1. The number of benzene rings is 1. The molecule has 0 unspecified atom stereocenters. The topological polar surface area (TPSA) is 94.0 Å². The molecule has 166 valence electrons. The number of nitrogens with one attached hydrogen (secondary N) is 2. The number of aryl methyl sites for hydroxylation is 1. The van der Waals surface area contributed by atoms with Crippen LogP contribution in [0.15, 0.2) is 35.6 Å². The van der Waals surface area contributed by atoms with Gasteiger partial charge in [0.25, 0.3) is 5.91 Å². The summed E-state index contributed by atoms with van der Waals surface area (Å²) in [5.74, 6) is 2.74. The number of fused-ring (bicyclic) bond motifs is 1. The first-order valence-electron chi connectivity index (χ1n) is 10.5. The molecule has 0 atom stereocenters. The highest BCUT2D eigenvalue weighted by Gasteiger charge is 2.14. The molecule has 1 amide bonds. The maximum Gasteiger partial charge on any atom is 0.258 e. The van der Waals surface area contributed by atoms with Gasteiger partial charge in [-0.15, -0.1) is 0 Å². The molecule has 3 rings (SSSR count). The number of hydrogen-bond donors (Lipinski definition) is 2. The van der Waals surface area contributed by atoms with E-state index in [-0.39, 0.29) is 12.5 Å². The number of nitrogens with zero attached hydrogens (tertiary/aromatic N) is 4. The number of anilines is 1. The summed E-state index contributed by atoms with van der Waals surface area (Å²) in [6, 6.07) is 7.64. The van der Waals surface area contributed by atoms with Crippen molar-refractivity contribution in [1.82, 2.24) is 25.1 Å². The second kappa shape index (κ2) is 11.0. The van der Waals surface area contributed by atoms with Crippen LogP contribution in [0, 0.1) is 12.8 Å². The molecule has 0 fully saturated rings. The van der Waals surface area contributed by atoms with Gasteiger partial charge in [0.2, 0.25) is 0 Å². The van der Waals surface area contributed by atoms with Crippen molar-refractivity contribution >= 4 is 34.5 Å². The molecule has 31 heavy (non-hydrogen) atoms. The van der Waals surface area contributed by atoms with Crippen molar-refractivity contribution in [2.45, 2.75) is 39.4 Å². The van der Waals surface area contributed by atoms with Crippen molar-refractivity contribution in [2.24, 2.45) is 5.92 Å². The average molecular weight is 443 g/mol. The van der Waals surface area contributed by atoms with Crippen LogP contribution in [0.2, 0.25) is 0 Å². The molecule has 0 aliphatic rings. The van der Waals surface area contributed by atoms with E-state index in [0.29, 0.717) is 19.0 Å². The van der Waals surface area contributed by atoms with Crippen LogP contribution >= 0.6 is 11.8 Å². The molecule has 0 saturated carbocycles. The van der Waals surface area contributed by atoms with Gasteiger partial charge in [0.1, 0.15) is 11.6 Å². The summed E-state index contributed by atoms with van der Waals surface area (Å²) < 4.78 is 7.40. The van der Waals surface area contributed by atoms with E-state index in [1.54, 1.807) is 22.6 Å². The lowest BCUT2D eigenvalue weighted by Gasteiger charge is -2.11. The first-order chi connectivity index (χ1) is 15.0. The third-order valence-corrected chi connectivity index (χ3v) is 5.25. The highest BCUT2D eigenvalue weighted by Crippen LogP contribution is 2.24. The van der Waals surface area contributed by atoms with Crippen LogP contribution in [0.25, 0.3) is 11.0 Å². The molecule has 3 aromatic rings. The first kappa shape index (κ1) is 22.9. The Balaban J connectivity index is 1.61. The van der Waals surface area contributed by atoms with E-state index in [1.807, 2.05) is 31.2 Å². The number of rotatable bonds is 11. The largest absolute Gasteiger partial charge is 0.484 e. The lowest BCUT2D eigenvalue weighted by molar-refractivity contribution is -0.123. The number of aromatic nitrogens is 4. The predicted molar refractivity (Wildman–Crippen MR) is 125 cm³/mol. The van der Waals surface area contributed by atoms with E-state index < -0.39 is 0 Å². The molecule has 2 heterocycles. The third kappa shape index (κ3) is 6.33. The molecular weight excluding hydrogens is 412 g/mol. The van der Waals surface area contributed by atoms with E-state index in [1.165, 1.54) is 0 Å². The average Bonchev–Trinajstić information content (AvgIpc) is 3.15. The van der Waals surface area contributed by atoms with Gasteiger partial charge in [0.05, 0.1) is 18.1 Å². The Kier molecular flexibility index (Phi) is 8.11. The number of carbonyl (C=O) groups is 1. The Morgan fingerprint density at radius 3 is 2.81 bits per heavy atom. The number of hydrogen-bond acceptors (Lipinski definition) is 7. The SMILES string of the molecule is CCSc1nc(NCC(C)C)c2cnn(CCNC(=O)COc3ccccc3C)c2n1. The maximum absolute atomic E-state index is 12.2. The monoisotopic (exact) mass is 442 g/mol.